The van der Waals surface area contributed by atoms with E-state index in [2.05, 4.69) is 4.98 Å². The fraction of sp³-hybridized carbons (Fsp3) is 0.133. The highest BCUT2D eigenvalue weighted by atomic mass is 16.4. The number of anilines is 1. The van der Waals surface area contributed by atoms with Gasteiger partial charge in [-0.1, -0.05) is 0 Å². The summed E-state index contributed by atoms with van der Waals surface area (Å²) >= 11 is 0. The molecule has 1 aromatic carbocycles. The van der Waals surface area contributed by atoms with Gasteiger partial charge in [-0.15, -0.1) is 0 Å². The molecule has 0 bridgehead atoms. The van der Waals surface area contributed by atoms with Crippen molar-refractivity contribution in [2.45, 2.75) is 6.92 Å². The second kappa shape index (κ2) is 5.62. The number of hydrogen-bond donors (Lipinski definition) is 2. The molecule has 6 heteroatoms. The van der Waals surface area contributed by atoms with E-state index in [1.165, 1.54) is 36.2 Å². The number of Topliss-reactive ketones (excluding diaryl/α,β-unsaturated/α-hetero) is 1. The van der Waals surface area contributed by atoms with Crippen molar-refractivity contribution >= 4 is 23.3 Å². The van der Waals surface area contributed by atoms with E-state index in [1.807, 2.05) is 0 Å². The van der Waals surface area contributed by atoms with Crippen LogP contribution >= 0.6 is 0 Å². The topological polar surface area (TPSA) is 90.5 Å². The molecular weight excluding hydrogens is 272 g/mol. The molecule has 0 radical (unpaired) electrons. The van der Waals surface area contributed by atoms with Gasteiger partial charge in [-0.25, -0.2) is 4.79 Å². The minimum atomic E-state index is -1.02. The Balaban J connectivity index is 2.21. The molecule has 0 aliphatic heterocycles. The summed E-state index contributed by atoms with van der Waals surface area (Å²) in [5.74, 6) is -1.46. The number of carbonyl (C=O) groups is 3. The predicted molar refractivity (Wildman–Crippen MR) is 76.9 cm³/mol. The van der Waals surface area contributed by atoms with E-state index in [0.717, 1.165) is 0 Å². The largest absolute Gasteiger partial charge is 0.478 e. The standard InChI is InChI=1S/C15H14N2O4/c1-9(18)11-7-13(16-8-11)14(19)17(2)12-5-3-10(4-6-12)15(20)21/h3-8,16H,1-2H3,(H,20,21). The third kappa shape index (κ3) is 3.00. The molecule has 2 aromatic rings. The number of amides is 1. The van der Waals surface area contributed by atoms with Gasteiger partial charge in [-0.3, -0.25) is 9.59 Å². The van der Waals surface area contributed by atoms with Gasteiger partial charge in [0.2, 0.25) is 0 Å². The van der Waals surface area contributed by atoms with Gasteiger partial charge in [0.1, 0.15) is 5.69 Å². The van der Waals surface area contributed by atoms with Crippen LogP contribution in [0.5, 0.6) is 0 Å². The zero-order valence-electron chi connectivity index (χ0n) is 11.6. The molecule has 1 heterocycles. The van der Waals surface area contributed by atoms with Crippen LogP contribution in [0.2, 0.25) is 0 Å². The number of benzene rings is 1. The van der Waals surface area contributed by atoms with Crippen molar-refractivity contribution in [3.05, 3.63) is 53.3 Å². The van der Waals surface area contributed by atoms with Crippen LogP contribution in [0.4, 0.5) is 5.69 Å². The number of rotatable bonds is 4. The molecule has 2 rings (SSSR count). The first-order valence-electron chi connectivity index (χ1n) is 6.21. The molecule has 0 aliphatic rings. The Morgan fingerprint density at radius 2 is 1.71 bits per heavy atom. The SMILES string of the molecule is CC(=O)c1c[nH]c(C(=O)N(C)c2ccc(C(=O)O)cc2)c1. The van der Waals surface area contributed by atoms with E-state index in [9.17, 15) is 14.4 Å². The summed E-state index contributed by atoms with van der Waals surface area (Å²) in [5, 5.41) is 8.84. The van der Waals surface area contributed by atoms with Crippen LogP contribution in [0.15, 0.2) is 36.5 Å². The summed E-state index contributed by atoms with van der Waals surface area (Å²) in [6.45, 7) is 1.42. The number of carboxylic acids is 1. The molecule has 1 aromatic heterocycles. The smallest absolute Gasteiger partial charge is 0.335 e. The maximum Gasteiger partial charge on any atom is 0.335 e. The van der Waals surface area contributed by atoms with Gasteiger partial charge in [-0.2, -0.15) is 0 Å². The Bertz CT molecular complexity index is 701. The summed E-state index contributed by atoms with van der Waals surface area (Å²) in [5.41, 5.74) is 1.44. The molecule has 108 valence electrons. The third-order valence-electron chi connectivity index (χ3n) is 3.13. The first kappa shape index (κ1) is 14.5. The highest BCUT2D eigenvalue weighted by Crippen LogP contribution is 2.17. The summed E-state index contributed by atoms with van der Waals surface area (Å²) in [6.07, 6.45) is 1.48. The Kier molecular flexibility index (Phi) is 3.89. The monoisotopic (exact) mass is 286 g/mol. The van der Waals surface area contributed by atoms with Gasteiger partial charge >= 0.3 is 5.97 Å². The average molecular weight is 286 g/mol. The molecule has 21 heavy (non-hydrogen) atoms. The van der Waals surface area contributed by atoms with Crippen molar-refractivity contribution in [3.63, 3.8) is 0 Å². The minimum absolute atomic E-state index is 0.126. The first-order valence-corrected chi connectivity index (χ1v) is 6.21. The maximum absolute atomic E-state index is 12.3. The van der Waals surface area contributed by atoms with Crippen molar-refractivity contribution in [2.75, 3.05) is 11.9 Å². The highest BCUT2D eigenvalue weighted by molar-refractivity contribution is 6.06. The number of aromatic nitrogens is 1. The summed E-state index contributed by atoms with van der Waals surface area (Å²) in [7, 11) is 1.58. The zero-order valence-corrected chi connectivity index (χ0v) is 11.6. The molecular formula is C15H14N2O4. The third-order valence-corrected chi connectivity index (χ3v) is 3.13. The molecule has 2 N–H and O–H groups in total. The second-order valence-corrected chi connectivity index (χ2v) is 4.57. The van der Waals surface area contributed by atoms with E-state index in [-0.39, 0.29) is 17.3 Å². The number of ketones is 1. The number of hydrogen-bond acceptors (Lipinski definition) is 3. The van der Waals surface area contributed by atoms with Crippen molar-refractivity contribution in [2.24, 2.45) is 0 Å². The Morgan fingerprint density at radius 1 is 1.10 bits per heavy atom. The number of nitrogens with zero attached hydrogens (tertiary/aromatic N) is 1. The fourth-order valence-corrected chi connectivity index (χ4v) is 1.85. The molecule has 1 amide bonds. The number of aromatic carboxylic acids is 1. The van der Waals surface area contributed by atoms with Crippen LogP contribution in [0.3, 0.4) is 0 Å². The normalized spacial score (nSPS) is 10.2. The number of aromatic amines is 1. The van der Waals surface area contributed by atoms with Crippen molar-refractivity contribution in [3.8, 4) is 0 Å². The number of carboxylic acid groups (broad SMARTS) is 1. The van der Waals surface area contributed by atoms with E-state index in [4.69, 9.17) is 5.11 Å². The number of nitrogens with one attached hydrogen (secondary N) is 1. The van der Waals surface area contributed by atoms with Crippen LogP contribution in [-0.4, -0.2) is 34.8 Å². The van der Waals surface area contributed by atoms with Gasteiger partial charge in [0, 0.05) is 24.5 Å². The van der Waals surface area contributed by atoms with Crippen LogP contribution in [0.25, 0.3) is 0 Å². The maximum atomic E-state index is 12.3. The molecule has 0 fully saturated rings. The van der Waals surface area contributed by atoms with Crippen molar-refractivity contribution < 1.29 is 19.5 Å². The quantitative estimate of drug-likeness (QED) is 0.843. The number of carbonyl (C=O) groups excluding carboxylic acids is 2. The summed E-state index contributed by atoms with van der Waals surface area (Å²) in [6, 6.07) is 7.45. The highest BCUT2D eigenvalue weighted by Gasteiger charge is 2.16. The lowest BCUT2D eigenvalue weighted by Crippen LogP contribution is -2.26. The van der Waals surface area contributed by atoms with E-state index >= 15 is 0 Å². The van der Waals surface area contributed by atoms with E-state index in [1.54, 1.807) is 19.2 Å². The Hall–Kier alpha value is -2.89. The van der Waals surface area contributed by atoms with Crippen LogP contribution < -0.4 is 4.90 Å². The van der Waals surface area contributed by atoms with Crippen molar-refractivity contribution in [1.29, 1.82) is 0 Å². The Labute approximate surface area is 121 Å². The van der Waals surface area contributed by atoms with Crippen LogP contribution in [-0.2, 0) is 0 Å². The predicted octanol–water partition coefficient (Wildman–Crippen LogP) is 2.19. The van der Waals surface area contributed by atoms with E-state index in [0.29, 0.717) is 16.9 Å². The van der Waals surface area contributed by atoms with Gasteiger partial charge in [0.25, 0.3) is 5.91 Å². The van der Waals surface area contributed by atoms with Gasteiger partial charge < -0.3 is 15.0 Å². The number of H-pyrrole nitrogens is 1. The van der Waals surface area contributed by atoms with Gasteiger partial charge in [-0.05, 0) is 37.3 Å². The summed E-state index contributed by atoms with van der Waals surface area (Å²) in [4.78, 5) is 38.4. The molecule has 0 saturated heterocycles. The summed E-state index contributed by atoms with van der Waals surface area (Å²) < 4.78 is 0. The molecule has 0 saturated carbocycles. The lowest BCUT2D eigenvalue weighted by atomic mass is 10.2. The Morgan fingerprint density at radius 3 is 2.19 bits per heavy atom. The molecule has 0 atom stereocenters. The van der Waals surface area contributed by atoms with E-state index < -0.39 is 5.97 Å². The lowest BCUT2D eigenvalue weighted by Gasteiger charge is -2.16. The van der Waals surface area contributed by atoms with Gasteiger partial charge in [0.05, 0.1) is 5.56 Å². The minimum Gasteiger partial charge on any atom is -0.478 e. The molecule has 6 nitrogen and oxygen atoms in total. The molecule has 0 spiro atoms. The second-order valence-electron chi connectivity index (χ2n) is 4.57. The molecule has 0 unspecified atom stereocenters. The fourth-order valence-electron chi connectivity index (χ4n) is 1.85. The van der Waals surface area contributed by atoms with Crippen LogP contribution in [0.1, 0.15) is 38.1 Å². The van der Waals surface area contributed by atoms with Gasteiger partial charge in [0.15, 0.2) is 5.78 Å². The lowest BCUT2D eigenvalue weighted by molar-refractivity contribution is 0.0696. The average Bonchev–Trinajstić information content (AvgIpc) is 2.96. The molecule has 0 aliphatic carbocycles. The van der Waals surface area contributed by atoms with Crippen LogP contribution in [0, 0.1) is 0 Å². The first-order chi connectivity index (χ1) is 9.90. The van der Waals surface area contributed by atoms with Crippen molar-refractivity contribution in [1.82, 2.24) is 4.98 Å². The zero-order chi connectivity index (χ0) is 15.6.